The summed E-state index contributed by atoms with van der Waals surface area (Å²) in [4.78, 5) is 8.11. The number of thiazole rings is 1. The first kappa shape index (κ1) is 15.9. The number of anilines is 2. The van der Waals surface area contributed by atoms with E-state index in [0.29, 0.717) is 6.61 Å². The van der Waals surface area contributed by atoms with Crippen LogP contribution in [0.5, 0.6) is 0 Å². The molecule has 1 aromatic heterocycles. The Kier molecular flexibility index (Phi) is 5.73. The lowest BCUT2D eigenvalue weighted by molar-refractivity contribution is 0.181. The fourth-order valence-corrected chi connectivity index (χ4v) is 3.10. The second-order valence-electron chi connectivity index (χ2n) is 4.98. The third-order valence-electron chi connectivity index (χ3n) is 3.26. The normalized spacial score (nSPS) is 10.9. The van der Waals surface area contributed by atoms with Crippen LogP contribution in [0.15, 0.2) is 24.3 Å². The maximum atomic E-state index is 5.26. The van der Waals surface area contributed by atoms with Crippen LogP contribution < -0.4 is 10.2 Å². The quantitative estimate of drug-likeness (QED) is 0.850. The van der Waals surface area contributed by atoms with Gasteiger partial charge in [-0.3, -0.25) is 0 Å². The number of benzene rings is 1. The zero-order chi connectivity index (χ0) is 15.2. The van der Waals surface area contributed by atoms with Crippen LogP contribution in [0.4, 0.5) is 10.8 Å². The minimum atomic E-state index is 0.554. The Morgan fingerprint density at radius 1 is 1.38 bits per heavy atom. The standard InChI is InChI=1S/C16H23N3OS/c1-5-17-10-15-14(11-20-4)18-16(21-15)19(3)13-8-6-7-12(2)9-13/h6-9,17H,5,10-11H2,1-4H3. The molecule has 0 saturated carbocycles. The van der Waals surface area contributed by atoms with E-state index >= 15 is 0 Å². The van der Waals surface area contributed by atoms with Crippen LogP contribution in [0.2, 0.25) is 0 Å². The number of ether oxygens (including phenoxy) is 1. The van der Waals surface area contributed by atoms with Gasteiger partial charge in [0.15, 0.2) is 5.13 Å². The Hall–Kier alpha value is -1.43. The average molecular weight is 305 g/mol. The molecule has 4 nitrogen and oxygen atoms in total. The summed E-state index contributed by atoms with van der Waals surface area (Å²) in [5.41, 5.74) is 3.43. The molecule has 0 radical (unpaired) electrons. The first-order valence-corrected chi connectivity index (χ1v) is 7.96. The molecule has 0 aliphatic carbocycles. The minimum Gasteiger partial charge on any atom is -0.378 e. The summed E-state index contributed by atoms with van der Waals surface area (Å²) in [5.74, 6) is 0. The first-order valence-electron chi connectivity index (χ1n) is 7.14. The first-order chi connectivity index (χ1) is 10.2. The Morgan fingerprint density at radius 2 is 2.19 bits per heavy atom. The molecule has 0 bridgehead atoms. The van der Waals surface area contributed by atoms with Crippen molar-refractivity contribution in [1.82, 2.24) is 10.3 Å². The van der Waals surface area contributed by atoms with E-state index in [2.05, 4.69) is 55.4 Å². The molecule has 0 amide bonds. The molecule has 2 aromatic rings. The van der Waals surface area contributed by atoms with Crippen molar-refractivity contribution in [2.75, 3.05) is 25.6 Å². The highest BCUT2D eigenvalue weighted by molar-refractivity contribution is 7.15. The van der Waals surface area contributed by atoms with Gasteiger partial charge in [0.1, 0.15) is 0 Å². The SMILES string of the molecule is CCNCc1sc(N(C)c2cccc(C)c2)nc1COC. The molecule has 0 aliphatic rings. The molecule has 0 unspecified atom stereocenters. The maximum absolute atomic E-state index is 5.26. The van der Waals surface area contributed by atoms with Gasteiger partial charge in [-0.1, -0.05) is 30.4 Å². The maximum Gasteiger partial charge on any atom is 0.190 e. The van der Waals surface area contributed by atoms with E-state index in [-0.39, 0.29) is 0 Å². The molecule has 5 heteroatoms. The third kappa shape index (κ3) is 4.03. The summed E-state index contributed by atoms with van der Waals surface area (Å²) >= 11 is 1.72. The molecule has 1 N–H and O–H groups in total. The number of nitrogens with one attached hydrogen (secondary N) is 1. The zero-order valence-corrected chi connectivity index (χ0v) is 14.0. The van der Waals surface area contributed by atoms with Crippen molar-refractivity contribution in [3.8, 4) is 0 Å². The monoisotopic (exact) mass is 305 g/mol. The third-order valence-corrected chi connectivity index (χ3v) is 4.43. The Morgan fingerprint density at radius 3 is 2.86 bits per heavy atom. The van der Waals surface area contributed by atoms with Gasteiger partial charge in [0.2, 0.25) is 0 Å². The van der Waals surface area contributed by atoms with Gasteiger partial charge in [0, 0.05) is 31.3 Å². The number of rotatable bonds is 7. The van der Waals surface area contributed by atoms with Crippen LogP contribution in [-0.2, 0) is 17.9 Å². The molecule has 0 fully saturated rings. The van der Waals surface area contributed by atoms with Crippen molar-refractivity contribution in [2.24, 2.45) is 0 Å². The van der Waals surface area contributed by atoms with Gasteiger partial charge in [0.25, 0.3) is 0 Å². The summed E-state index contributed by atoms with van der Waals surface area (Å²) in [6.45, 7) is 6.56. The van der Waals surface area contributed by atoms with Gasteiger partial charge in [-0.25, -0.2) is 4.98 Å². The van der Waals surface area contributed by atoms with Crippen LogP contribution in [0, 0.1) is 6.92 Å². The van der Waals surface area contributed by atoms with E-state index in [9.17, 15) is 0 Å². The summed E-state index contributed by atoms with van der Waals surface area (Å²) in [6.07, 6.45) is 0. The molecular weight excluding hydrogens is 282 g/mol. The van der Waals surface area contributed by atoms with Gasteiger partial charge in [-0.05, 0) is 31.2 Å². The van der Waals surface area contributed by atoms with Gasteiger partial charge in [0.05, 0.1) is 12.3 Å². The molecule has 1 aromatic carbocycles. The highest BCUT2D eigenvalue weighted by Gasteiger charge is 2.14. The number of hydrogen-bond donors (Lipinski definition) is 1. The molecule has 0 aliphatic heterocycles. The Labute approximate surface area is 130 Å². The Bertz CT molecular complexity index is 583. The van der Waals surface area contributed by atoms with Crippen molar-refractivity contribution in [3.63, 3.8) is 0 Å². The van der Waals surface area contributed by atoms with Crippen molar-refractivity contribution in [3.05, 3.63) is 40.4 Å². The van der Waals surface area contributed by atoms with E-state index in [1.165, 1.54) is 10.4 Å². The predicted octanol–water partition coefficient (Wildman–Crippen LogP) is 3.48. The van der Waals surface area contributed by atoms with Crippen LogP contribution in [0.3, 0.4) is 0 Å². The zero-order valence-electron chi connectivity index (χ0n) is 13.1. The van der Waals surface area contributed by atoms with E-state index in [0.717, 1.165) is 29.6 Å². The summed E-state index contributed by atoms with van der Waals surface area (Å²) in [7, 11) is 3.77. The van der Waals surface area contributed by atoms with E-state index < -0.39 is 0 Å². The number of hydrogen-bond acceptors (Lipinski definition) is 5. The van der Waals surface area contributed by atoms with Crippen molar-refractivity contribution >= 4 is 22.2 Å². The lowest BCUT2D eigenvalue weighted by Gasteiger charge is -2.16. The second-order valence-corrected chi connectivity index (χ2v) is 6.04. The van der Waals surface area contributed by atoms with Gasteiger partial charge in [-0.2, -0.15) is 0 Å². The number of methoxy groups -OCH3 is 1. The van der Waals surface area contributed by atoms with Gasteiger partial charge >= 0.3 is 0 Å². The molecule has 0 spiro atoms. The molecule has 0 atom stereocenters. The van der Waals surface area contributed by atoms with Crippen molar-refractivity contribution in [2.45, 2.75) is 27.0 Å². The largest absolute Gasteiger partial charge is 0.378 e. The number of aryl methyl sites for hydroxylation is 1. The summed E-state index contributed by atoms with van der Waals surface area (Å²) in [5, 5.41) is 4.36. The molecule has 2 rings (SSSR count). The lowest BCUT2D eigenvalue weighted by Crippen LogP contribution is -2.12. The topological polar surface area (TPSA) is 37.4 Å². The molecule has 0 saturated heterocycles. The van der Waals surface area contributed by atoms with Crippen LogP contribution >= 0.6 is 11.3 Å². The molecule has 114 valence electrons. The summed E-state index contributed by atoms with van der Waals surface area (Å²) < 4.78 is 5.26. The molecular formula is C16H23N3OS. The fraction of sp³-hybridized carbons (Fsp3) is 0.438. The summed E-state index contributed by atoms with van der Waals surface area (Å²) in [6, 6.07) is 8.45. The second kappa shape index (κ2) is 7.54. The van der Waals surface area contributed by atoms with Crippen LogP contribution in [-0.4, -0.2) is 25.7 Å². The van der Waals surface area contributed by atoms with Crippen LogP contribution in [0.25, 0.3) is 0 Å². The van der Waals surface area contributed by atoms with E-state index in [1.807, 2.05) is 0 Å². The van der Waals surface area contributed by atoms with Crippen molar-refractivity contribution in [1.29, 1.82) is 0 Å². The lowest BCUT2D eigenvalue weighted by atomic mass is 10.2. The predicted molar refractivity (Wildman–Crippen MR) is 89.4 cm³/mol. The Balaban J connectivity index is 2.26. The van der Waals surface area contributed by atoms with Crippen LogP contribution in [0.1, 0.15) is 23.1 Å². The smallest absolute Gasteiger partial charge is 0.190 e. The fourth-order valence-electron chi connectivity index (χ4n) is 2.09. The molecule has 1 heterocycles. The highest BCUT2D eigenvalue weighted by Crippen LogP contribution is 2.31. The molecule has 21 heavy (non-hydrogen) atoms. The minimum absolute atomic E-state index is 0.554. The van der Waals surface area contributed by atoms with E-state index in [4.69, 9.17) is 9.72 Å². The van der Waals surface area contributed by atoms with E-state index in [1.54, 1.807) is 18.4 Å². The number of nitrogens with zero attached hydrogens (tertiary/aromatic N) is 2. The van der Waals surface area contributed by atoms with Gasteiger partial charge in [-0.15, -0.1) is 0 Å². The number of aromatic nitrogens is 1. The van der Waals surface area contributed by atoms with Gasteiger partial charge < -0.3 is 15.0 Å². The average Bonchev–Trinajstić information content (AvgIpc) is 2.88. The van der Waals surface area contributed by atoms with Crippen molar-refractivity contribution < 1.29 is 4.74 Å². The highest BCUT2D eigenvalue weighted by atomic mass is 32.1.